The van der Waals surface area contributed by atoms with Crippen LogP contribution in [0.25, 0.3) is 11.4 Å². The molecule has 8 heteroatoms. The van der Waals surface area contributed by atoms with Gasteiger partial charge in [-0.15, -0.1) is 0 Å². The molecule has 3 rings (SSSR count). The average molecular weight is 382 g/mol. The van der Waals surface area contributed by atoms with E-state index < -0.39 is 11.7 Å². The van der Waals surface area contributed by atoms with E-state index >= 15 is 0 Å². The maximum atomic E-state index is 12.9. The van der Waals surface area contributed by atoms with Gasteiger partial charge in [0, 0.05) is 24.2 Å². The summed E-state index contributed by atoms with van der Waals surface area (Å²) >= 11 is 0. The van der Waals surface area contributed by atoms with E-state index in [1.54, 1.807) is 6.07 Å². The summed E-state index contributed by atoms with van der Waals surface area (Å²) in [5.41, 5.74) is -0.285. The van der Waals surface area contributed by atoms with Gasteiger partial charge in [-0.25, -0.2) is 0 Å². The van der Waals surface area contributed by atoms with Gasteiger partial charge in [-0.1, -0.05) is 17.3 Å². The third-order valence-corrected chi connectivity index (χ3v) is 4.81. The molecule has 0 unspecified atom stereocenters. The zero-order valence-corrected chi connectivity index (χ0v) is 15.9. The van der Waals surface area contributed by atoms with Crippen molar-refractivity contribution in [3.05, 3.63) is 35.7 Å². The fourth-order valence-electron chi connectivity index (χ4n) is 3.26. The first-order chi connectivity index (χ1) is 12.6. The second-order valence-corrected chi connectivity index (χ2v) is 7.88. The van der Waals surface area contributed by atoms with E-state index in [0.717, 1.165) is 44.7 Å². The second kappa shape index (κ2) is 7.59. The van der Waals surface area contributed by atoms with E-state index in [0.29, 0.717) is 18.0 Å². The van der Waals surface area contributed by atoms with Crippen molar-refractivity contribution in [2.45, 2.75) is 45.5 Å². The Kier molecular flexibility index (Phi) is 5.58. The third kappa shape index (κ3) is 5.07. The number of rotatable bonds is 3. The first-order valence-corrected chi connectivity index (χ1v) is 9.10. The second-order valence-electron chi connectivity index (χ2n) is 7.88. The van der Waals surface area contributed by atoms with Crippen LogP contribution in [0.3, 0.4) is 0 Å². The van der Waals surface area contributed by atoms with Crippen molar-refractivity contribution in [3.8, 4) is 11.4 Å². The zero-order valence-electron chi connectivity index (χ0n) is 15.9. The van der Waals surface area contributed by atoms with Crippen molar-refractivity contribution in [1.82, 2.24) is 19.9 Å². The summed E-state index contributed by atoms with van der Waals surface area (Å²) < 4.78 is 43.9. The van der Waals surface area contributed by atoms with Crippen molar-refractivity contribution in [3.63, 3.8) is 0 Å². The van der Waals surface area contributed by atoms with Crippen LogP contribution >= 0.6 is 0 Å². The van der Waals surface area contributed by atoms with Crippen LogP contribution in [-0.2, 0) is 12.7 Å². The van der Waals surface area contributed by atoms with E-state index in [4.69, 9.17) is 4.52 Å². The molecule has 0 N–H and O–H groups in total. The topological polar surface area (TPSA) is 45.4 Å². The highest BCUT2D eigenvalue weighted by Crippen LogP contribution is 2.31. The molecule has 1 fully saturated rings. The number of nitrogens with zero attached hydrogens (tertiary/aromatic N) is 4. The molecule has 0 atom stereocenters. The van der Waals surface area contributed by atoms with E-state index in [9.17, 15) is 13.2 Å². The molecule has 1 aromatic heterocycles. The molecule has 1 aliphatic heterocycles. The Morgan fingerprint density at radius 3 is 2.56 bits per heavy atom. The number of alkyl halides is 3. The first kappa shape index (κ1) is 19.8. The molecule has 0 amide bonds. The third-order valence-electron chi connectivity index (χ3n) is 4.81. The molecule has 27 heavy (non-hydrogen) atoms. The quantitative estimate of drug-likeness (QED) is 0.801. The summed E-state index contributed by atoms with van der Waals surface area (Å²) in [7, 11) is 0. The van der Waals surface area contributed by atoms with Gasteiger partial charge in [0.15, 0.2) is 0 Å². The largest absolute Gasteiger partial charge is 0.416 e. The summed E-state index contributed by atoms with van der Waals surface area (Å²) in [6.07, 6.45) is -3.35. The highest BCUT2D eigenvalue weighted by atomic mass is 19.4. The molecule has 0 spiro atoms. The summed E-state index contributed by atoms with van der Waals surface area (Å²) in [6.45, 7) is 10.9. The van der Waals surface area contributed by atoms with Gasteiger partial charge in [0.2, 0.25) is 11.7 Å². The standard InChI is InChI=1S/C19H25F3N4O/c1-18(2,3)26-9-5-8-25(10-11-26)13-16-23-17(24-27-16)14-6-4-7-15(12-14)19(20,21)22/h4,6-7,12H,5,8-11,13H2,1-3H3. The van der Waals surface area contributed by atoms with Gasteiger partial charge in [0.25, 0.3) is 0 Å². The molecule has 1 aromatic carbocycles. The predicted octanol–water partition coefficient (Wildman–Crippen LogP) is 4.06. The van der Waals surface area contributed by atoms with Crippen LogP contribution in [0.5, 0.6) is 0 Å². The first-order valence-electron chi connectivity index (χ1n) is 9.10. The molecule has 0 radical (unpaired) electrons. The summed E-state index contributed by atoms with van der Waals surface area (Å²) in [5.74, 6) is 0.605. The SMILES string of the molecule is CC(C)(C)N1CCCN(Cc2nc(-c3cccc(C(F)(F)F)c3)no2)CC1. The lowest BCUT2D eigenvalue weighted by Crippen LogP contribution is -2.43. The zero-order chi connectivity index (χ0) is 19.7. The van der Waals surface area contributed by atoms with Crippen LogP contribution in [0.4, 0.5) is 13.2 Å². The van der Waals surface area contributed by atoms with Crippen molar-refractivity contribution < 1.29 is 17.7 Å². The molecule has 0 bridgehead atoms. The van der Waals surface area contributed by atoms with Gasteiger partial charge >= 0.3 is 6.18 Å². The summed E-state index contributed by atoms with van der Waals surface area (Å²) in [6, 6.07) is 4.98. The number of hydrogen-bond donors (Lipinski definition) is 0. The summed E-state index contributed by atoms with van der Waals surface area (Å²) in [5, 5.41) is 3.86. The number of benzene rings is 1. The lowest BCUT2D eigenvalue weighted by Gasteiger charge is -2.34. The molecule has 1 saturated heterocycles. The van der Waals surface area contributed by atoms with E-state index in [1.807, 2.05) is 0 Å². The molecule has 0 aliphatic carbocycles. The smallest absolute Gasteiger partial charge is 0.338 e. The predicted molar refractivity (Wildman–Crippen MR) is 96.0 cm³/mol. The minimum atomic E-state index is -4.40. The minimum absolute atomic E-state index is 0.136. The average Bonchev–Trinajstić information content (AvgIpc) is 2.90. The van der Waals surface area contributed by atoms with Crippen LogP contribution in [0, 0.1) is 0 Å². The normalized spacial score (nSPS) is 17.9. The van der Waals surface area contributed by atoms with Gasteiger partial charge in [-0.05, 0) is 52.4 Å². The van der Waals surface area contributed by atoms with Crippen molar-refractivity contribution >= 4 is 0 Å². The Morgan fingerprint density at radius 1 is 1.07 bits per heavy atom. The van der Waals surface area contributed by atoms with E-state index in [2.05, 4.69) is 40.7 Å². The maximum Gasteiger partial charge on any atom is 0.416 e. The Hall–Kier alpha value is -1.93. The minimum Gasteiger partial charge on any atom is -0.338 e. The van der Waals surface area contributed by atoms with Gasteiger partial charge in [0.05, 0.1) is 12.1 Å². The Labute approximate surface area is 157 Å². The van der Waals surface area contributed by atoms with Crippen LogP contribution in [-0.4, -0.2) is 51.7 Å². The fraction of sp³-hybridized carbons (Fsp3) is 0.579. The molecule has 2 heterocycles. The van der Waals surface area contributed by atoms with E-state index in [-0.39, 0.29) is 11.4 Å². The number of aromatic nitrogens is 2. The van der Waals surface area contributed by atoms with Crippen LogP contribution < -0.4 is 0 Å². The van der Waals surface area contributed by atoms with Crippen LogP contribution in [0.2, 0.25) is 0 Å². The molecule has 1 aliphatic rings. The number of halogens is 3. The van der Waals surface area contributed by atoms with Crippen LogP contribution in [0.15, 0.2) is 28.8 Å². The van der Waals surface area contributed by atoms with Crippen molar-refractivity contribution in [2.24, 2.45) is 0 Å². The monoisotopic (exact) mass is 382 g/mol. The summed E-state index contributed by atoms with van der Waals surface area (Å²) in [4.78, 5) is 8.99. The van der Waals surface area contributed by atoms with Crippen LogP contribution in [0.1, 0.15) is 38.6 Å². The van der Waals surface area contributed by atoms with Gasteiger partial charge in [0.1, 0.15) is 0 Å². The van der Waals surface area contributed by atoms with Crippen molar-refractivity contribution in [1.29, 1.82) is 0 Å². The van der Waals surface area contributed by atoms with E-state index in [1.165, 1.54) is 6.07 Å². The number of hydrogen-bond acceptors (Lipinski definition) is 5. The van der Waals surface area contributed by atoms with Gasteiger partial charge in [-0.3, -0.25) is 9.80 Å². The Morgan fingerprint density at radius 2 is 1.85 bits per heavy atom. The highest BCUT2D eigenvalue weighted by molar-refractivity contribution is 5.55. The molecule has 148 valence electrons. The van der Waals surface area contributed by atoms with Gasteiger partial charge in [-0.2, -0.15) is 18.2 Å². The van der Waals surface area contributed by atoms with Gasteiger partial charge < -0.3 is 4.52 Å². The lowest BCUT2D eigenvalue weighted by molar-refractivity contribution is -0.137. The van der Waals surface area contributed by atoms with Crippen molar-refractivity contribution in [2.75, 3.05) is 26.2 Å². The molecule has 5 nitrogen and oxygen atoms in total. The molecule has 0 saturated carbocycles. The lowest BCUT2D eigenvalue weighted by atomic mass is 10.1. The molecular formula is C19H25F3N4O. The Bertz CT molecular complexity index is 767. The molecular weight excluding hydrogens is 357 g/mol. The maximum absolute atomic E-state index is 12.9. The fourth-order valence-corrected chi connectivity index (χ4v) is 3.26. The molecule has 2 aromatic rings. The highest BCUT2D eigenvalue weighted by Gasteiger charge is 2.31. The Balaban J connectivity index is 1.67.